The molecule has 0 atom stereocenters. The van der Waals surface area contributed by atoms with Gasteiger partial charge in [0.25, 0.3) is 0 Å². The quantitative estimate of drug-likeness (QED) is 0.675. The van der Waals surface area contributed by atoms with Crippen LogP contribution in [0.1, 0.15) is 29.7 Å². The Kier molecular flexibility index (Phi) is 5.75. The Bertz CT molecular complexity index is 247. The molecule has 0 aliphatic rings. The molecule has 1 aromatic rings. The van der Waals surface area contributed by atoms with Crippen LogP contribution in [0.3, 0.4) is 0 Å². The maximum absolute atomic E-state index is 5.41. The summed E-state index contributed by atoms with van der Waals surface area (Å²) in [5.74, 6) is 0. The Balaban J connectivity index is 2.12. The summed E-state index contributed by atoms with van der Waals surface area (Å²) < 4.78 is 0. The van der Waals surface area contributed by atoms with Crippen LogP contribution in [0.15, 0.2) is 6.20 Å². The molecule has 3 N–H and O–H groups in total. The second kappa shape index (κ2) is 6.92. The highest BCUT2D eigenvalue weighted by Crippen LogP contribution is 2.12. The lowest BCUT2D eigenvalue weighted by atomic mass is 10.3. The van der Waals surface area contributed by atoms with E-state index in [1.165, 1.54) is 9.88 Å². The van der Waals surface area contributed by atoms with Crippen LogP contribution >= 0.6 is 11.3 Å². The van der Waals surface area contributed by atoms with Crippen molar-refractivity contribution in [3.05, 3.63) is 16.1 Å². The van der Waals surface area contributed by atoms with Crippen molar-refractivity contribution in [3.8, 4) is 0 Å². The van der Waals surface area contributed by atoms with E-state index in [2.05, 4.69) is 17.2 Å². The van der Waals surface area contributed by atoms with Crippen LogP contribution in [-0.2, 0) is 13.0 Å². The Labute approximate surface area is 89.7 Å². The second-order valence-electron chi connectivity index (χ2n) is 3.25. The summed E-state index contributed by atoms with van der Waals surface area (Å²) in [6, 6.07) is 0. The van der Waals surface area contributed by atoms with Crippen molar-refractivity contribution in [1.82, 2.24) is 10.3 Å². The van der Waals surface area contributed by atoms with Gasteiger partial charge in [0.15, 0.2) is 0 Å². The van der Waals surface area contributed by atoms with Gasteiger partial charge >= 0.3 is 0 Å². The fourth-order valence-electron chi connectivity index (χ4n) is 1.18. The molecule has 0 aromatic carbocycles. The lowest BCUT2D eigenvalue weighted by molar-refractivity contribution is 0.626. The number of aromatic nitrogens is 1. The van der Waals surface area contributed by atoms with Crippen LogP contribution in [0.4, 0.5) is 0 Å². The maximum atomic E-state index is 5.41. The molecule has 0 aliphatic carbocycles. The molecule has 1 aromatic heterocycles. The summed E-state index contributed by atoms with van der Waals surface area (Å²) in [6.45, 7) is 4.89. The van der Waals surface area contributed by atoms with Crippen molar-refractivity contribution in [2.24, 2.45) is 5.73 Å². The van der Waals surface area contributed by atoms with Crippen molar-refractivity contribution in [3.63, 3.8) is 0 Å². The molecule has 0 saturated carbocycles. The van der Waals surface area contributed by atoms with Crippen LogP contribution in [0.5, 0.6) is 0 Å². The minimum absolute atomic E-state index is 0.791. The van der Waals surface area contributed by atoms with Gasteiger partial charge < -0.3 is 11.1 Å². The predicted octanol–water partition coefficient (Wildman–Crippen LogP) is 1.53. The highest BCUT2D eigenvalue weighted by Gasteiger charge is 1.98. The molecule has 0 bridgehead atoms. The smallest absolute Gasteiger partial charge is 0.107 e. The van der Waals surface area contributed by atoms with Gasteiger partial charge in [0.1, 0.15) is 5.01 Å². The maximum Gasteiger partial charge on any atom is 0.107 e. The van der Waals surface area contributed by atoms with Crippen molar-refractivity contribution in [1.29, 1.82) is 0 Å². The summed E-state index contributed by atoms with van der Waals surface area (Å²) in [5.41, 5.74) is 5.41. The van der Waals surface area contributed by atoms with Gasteiger partial charge in [-0.1, -0.05) is 6.92 Å². The minimum atomic E-state index is 0.791. The van der Waals surface area contributed by atoms with Crippen molar-refractivity contribution < 1.29 is 0 Å². The molecule has 80 valence electrons. The number of nitrogens with two attached hydrogens (primary N) is 1. The Morgan fingerprint density at radius 2 is 2.36 bits per heavy atom. The monoisotopic (exact) mass is 213 g/mol. The number of hydrogen-bond donors (Lipinski definition) is 2. The summed E-state index contributed by atoms with van der Waals surface area (Å²) in [6.07, 6.45) is 5.32. The fourth-order valence-corrected chi connectivity index (χ4v) is 2.01. The van der Waals surface area contributed by atoms with Gasteiger partial charge in [0, 0.05) is 17.6 Å². The van der Waals surface area contributed by atoms with Gasteiger partial charge in [-0.3, -0.25) is 0 Å². The van der Waals surface area contributed by atoms with Gasteiger partial charge in [-0.2, -0.15) is 0 Å². The van der Waals surface area contributed by atoms with E-state index in [1.54, 1.807) is 11.3 Å². The third-order valence-electron chi connectivity index (χ3n) is 2.03. The Hall–Kier alpha value is -0.450. The average molecular weight is 213 g/mol. The molecule has 4 heteroatoms. The van der Waals surface area contributed by atoms with E-state index in [0.29, 0.717) is 0 Å². The number of rotatable bonds is 7. The van der Waals surface area contributed by atoms with E-state index < -0.39 is 0 Å². The molecule has 0 radical (unpaired) electrons. The SMILES string of the molecule is CCc1cnc(CNCCCCN)s1. The molecule has 1 rings (SSSR count). The minimum Gasteiger partial charge on any atom is -0.330 e. The third kappa shape index (κ3) is 4.17. The molecule has 0 saturated heterocycles. The molecule has 1 heterocycles. The summed E-state index contributed by atoms with van der Waals surface area (Å²) in [5, 5.41) is 4.56. The molecule has 3 nitrogen and oxygen atoms in total. The first-order valence-corrected chi connectivity index (χ1v) is 6.02. The summed E-state index contributed by atoms with van der Waals surface area (Å²) >= 11 is 1.80. The molecule has 14 heavy (non-hydrogen) atoms. The number of thiazole rings is 1. The van der Waals surface area contributed by atoms with E-state index in [-0.39, 0.29) is 0 Å². The van der Waals surface area contributed by atoms with Crippen LogP contribution < -0.4 is 11.1 Å². The second-order valence-corrected chi connectivity index (χ2v) is 4.45. The van der Waals surface area contributed by atoms with Crippen LogP contribution in [0.25, 0.3) is 0 Å². The Morgan fingerprint density at radius 1 is 1.50 bits per heavy atom. The first-order valence-electron chi connectivity index (χ1n) is 5.21. The topological polar surface area (TPSA) is 50.9 Å². The Morgan fingerprint density at radius 3 is 3.00 bits per heavy atom. The fraction of sp³-hybridized carbons (Fsp3) is 0.700. The van der Waals surface area contributed by atoms with E-state index in [4.69, 9.17) is 5.73 Å². The first kappa shape index (κ1) is 11.6. The largest absolute Gasteiger partial charge is 0.330 e. The number of nitrogens with one attached hydrogen (secondary N) is 1. The molecule has 0 aliphatic heterocycles. The average Bonchev–Trinajstić information content (AvgIpc) is 2.65. The lowest BCUT2D eigenvalue weighted by Gasteiger charge is -2.00. The highest BCUT2D eigenvalue weighted by molar-refractivity contribution is 7.11. The zero-order chi connectivity index (χ0) is 10.2. The molecule has 0 spiro atoms. The zero-order valence-electron chi connectivity index (χ0n) is 8.75. The predicted molar refractivity (Wildman–Crippen MR) is 61.5 cm³/mol. The van der Waals surface area contributed by atoms with Gasteiger partial charge in [-0.15, -0.1) is 11.3 Å². The first-order chi connectivity index (χ1) is 6.86. The lowest BCUT2D eigenvalue weighted by Crippen LogP contribution is -2.15. The van der Waals surface area contributed by atoms with Gasteiger partial charge in [0.2, 0.25) is 0 Å². The molecule has 0 fully saturated rings. The van der Waals surface area contributed by atoms with Crippen molar-refractivity contribution in [2.45, 2.75) is 32.7 Å². The van der Waals surface area contributed by atoms with Gasteiger partial charge in [-0.25, -0.2) is 4.98 Å². The molecule has 0 unspecified atom stereocenters. The highest BCUT2D eigenvalue weighted by atomic mass is 32.1. The standard InChI is InChI=1S/C10H19N3S/c1-2-9-7-13-10(14-9)8-12-6-4-3-5-11/h7,12H,2-6,8,11H2,1H3. The number of unbranched alkanes of at least 4 members (excludes halogenated alkanes) is 1. The van der Waals surface area contributed by atoms with E-state index >= 15 is 0 Å². The molecular formula is C10H19N3S. The van der Waals surface area contributed by atoms with E-state index in [1.807, 2.05) is 6.20 Å². The van der Waals surface area contributed by atoms with Crippen molar-refractivity contribution >= 4 is 11.3 Å². The normalized spacial score (nSPS) is 10.7. The molecule has 0 amide bonds. The number of aryl methyl sites for hydroxylation is 1. The summed E-state index contributed by atoms with van der Waals surface area (Å²) in [4.78, 5) is 5.70. The van der Waals surface area contributed by atoms with E-state index in [0.717, 1.165) is 38.9 Å². The van der Waals surface area contributed by atoms with Crippen molar-refractivity contribution in [2.75, 3.05) is 13.1 Å². The van der Waals surface area contributed by atoms with Crippen LogP contribution in [-0.4, -0.2) is 18.1 Å². The number of hydrogen-bond acceptors (Lipinski definition) is 4. The molecular weight excluding hydrogens is 194 g/mol. The van der Waals surface area contributed by atoms with Gasteiger partial charge in [-0.05, 0) is 32.4 Å². The summed E-state index contributed by atoms with van der Waals surface area (Å²) in [7, 11) is 0. The number of nitrogens with zero attached hydrogens (tertiary/aromatic N) is 1. The zero-order valence-corrected chi connectivity index (χ0v) is 9.57. The third-order valence-corrected chi connectivity index (χ3v) is 3.18. The van der Waals surface area contributed by atoms with Crippen LogP contribution in [0.2, 0.25) is 0 Å². The van der Waals surface area contributed by atoms with E-state index in [9.17, 15) is 0 Å². The van der Waals surface area contributed by atoms with Crippen LogP contribution in [0, 0.1) is 0 Å². The van der Waals surface area contributed by atoms with Gasteiger partial charge in [0.05, 0.1) is 0 Å².